The number of anilines is 1. The van der Waals surface area contributed by atoms with Crippen LogP contribution in [0, 0.1) is 20.2 Å². The minimum absolute atomic E-state index is 0.0119. The molecule has 0 fully saturated rings. The number of halogens is 2. The van der Waals surface area contributed by atoms with Crippen LogP contribution in [0.1, 0.15) is 16.3 Å². The van der Waals surface area contributed by atoms with Gasteiger partial charge in [0.05, 0.1) is 21.6 Å². The molecular weight excluding hydrogens is 448 g/mol. The molecule has 0 aliphatic rings. The number of benzene rings is 2. The largest absolute Gasteiger partial charge is 0.487 e. The number of carbonyl (C=O) groups is 1. The minimum Gasteiger partial charge on any atom is -0.487 e. The standard InChI is InChI=1S/C20H15F2N3O8/c21-19(22)11-31-15-8-12(7-13(9-15)24(27)28)23-20(26)18-6-5-14(33-18)10-32-17-4-2-1-3-16(17)25(29)30/h1-9,19H,10-11H2,(H,23,26). The zero-order valence-electron chi connectivity index (χ0n) is 16.6. The number of hydrogen-bond donors (Lipinski definition) is 1. The van der Waals surface area contributed by atoms with Crippen LogP contribution in [-0.2, 0) is 6.61 Å². The fourth-order valence-electron chi connectivity index (χ4n) is 2.65. The van der Waals surface area contributed by atoms with Gasteiger partial charge < -0.3 is 19.2 Å². The lowest BCUT2D eigenvalue weighted by Crippen LogP contribution is -2.12. The number of amides is 1. The number of nitro groups is 2. The maximum atomic E-state index is 12.4. The normalized spacial score (nSPS) is 10.6. The first kappa shape index (κ1) is 23.1. The number of non-ortho nitro benzene ring substituents is 1. The molecule has 1 heterocycles. The van der Waals surface area contributed by atoms with Crippen molar-refractivity contribution >= 4 is 23.0 Å². The molecule has 0 unspecified atom stereocenters. The Bertz CT molecular complexity index is 1180. The Morgan fingerprint density at radius 3 is 2.48 bits per heavy atom. The maximum Gasteiger partial charge on any atom is 0.310 e. The van der Waals surface area contributed by atoms with E-state index in [0.717, 1.165) is 18.2 Å². The number of hydrogen-bond acceptors (Lipinski definition) is 8. The van der Waals surface area contributed by atoms with Gasteiger partial charge in [0.2, 0.25) is 0 Å². The lowest BCUT2D eigenvalue weighted by molar-refractivity contribution is -0.386. The number of alkyl halides is 2. The lowest BCUT2D eigenvalue weighted by Gasteiger charge is -2.09. The summed E-state index contributed by atoms with van der Waals surface area (Å²) >= 11 is 0. The van der Waals surface area contributed by atoms with Crippen molar-refractivity contribution in [1.29, 1.82) is 0 Å². The second kappa shape index (κ2) is 10.2. The summed E-state index contributed by atoms with van der Waals surface area (Å²) < 4.78 is 40.3. The summed E-state index contributed by atoms with van der Waals surface area (Å²) in [7, 11) is 0. The molecule has 1 N–H and O–H groups in total. The summed E-state index contributed by atoms with van der Waals surface area (Å²) in [5.41, 5.74) is -0.791. The van der Waals surface area contributed by atoms with Gasteiger partial charge in [-0.05, 0) is 18.2 Å². The summed E-state index contributed by atoms with van der Waals surface area (Å²) in [6, 6.07) is 11.6. The minimum atomic E-state index is -2.79. The molecule has 11 nitrogen and oxygen atoms in total. The zero-order chi connectivity index (χ0) is 24.0. The van der Waals surface area contributed by atoms with Crippen molar-refractivity contribution in [3.63, 3.8) is 0 Å². The summed E-state index contributed by atoms with van der Waals surface area (Å²) in [6.45, 7) is -1.18. The van der Waals surface area contributed by atoms with Gasteiger partial charge in [0, 0.05) is 18.2 Å². The SMILES string of the molecule is O=C(Nc1cc(OCC(F)F)cc([N+](=O)[O-])c1)c1ccc(COc2ccccc2[N+](=O)[O-])o1. The highest BCUT2D eigenvalue weighted by molar-refractivity contribution is 6.02. The van der Waals surface area contributed by atoms with E-state index in [0.29, 0.717) is 0 Å². The van der Waals surface area contributed by atoms with Crippen molar-refractivity contribution in [3.05, 3.63) is 86.3 Å². The summed E-state index contributed by atoms with van der Waals surface area (Å²) in [4.78, 5) is 33.2. The van der Waals surface area contributed by atoms with Crippen molar-refractivity contribution in [2.45, 2.75) is 13.0 Å². The van der Waals surface area contributed by atoms with E-state index in [1.165, 1.54) is 30.3 Å². The topological polar surface area (TPSA) is 147 Å². The molecule has 0 aliphatic carbocycles. The Kier molecular flexibility index (Phi) is 7.13. The Balaban J connectivity index is 1.69. The van der Waals surface area contributed by atoms with Gasteiger partial charge in [-0.1, -0.05) is 12.1 Å². The quantitative estimate of drug-likeness (QED) is 0.340. The van der Waals surface area contributed by atoms with Crippen molar-refractivity contribution in [1.82, 2.24) is 0 Å². The second-order valence-electron chi connectivity index (χ2n) is 6.41. The predicted octanol–water partition coefficient (Wildman–Crippen LogP) is 4.57. The lowest BCUT2D eigenvalue weighted by atomic mass is 10.2. The molecule has 172 valence electrons. The molecule has 0 bridgehead atoms. The third kappa shape index (κ3) is 6.22. The summed E-state index contributed by atoms with van der Waals surface area (Å²) in [6.07, 6.45) is -2.79. The van der Waals surface area contributed by atoms with Crippen LogP contribution < -0.4 is 14.8 Å². The average Bonchev–Trinajstić information content (AvgIpc) is 3.25. The van der Waals surface area contributed by atoms with Gasteiger partial charge in [-0.2, -0.15) is 0 Å². The van der Waals surface area contributed by atoms with Crippen LogP contribution in [-0.4, -0.2) is 28.8 Å². The van der Waals surface area contributed by atoms with E-state index in [2.05, 4.69) is 5.32 Å². The van der Waals surface area contributed by atoms with E-state index in [9.17, 15) is 33.8 Å². The molecule has 33 heavy (non-hydrogen) atoms. The first-order chi connectivity index (χ1) is 15.7. The fraction of sp³-hybridized carbons (Fsp3) is 0.150. The molecule has 0 atom stereocenters. The van der Waals surface area contributed by atoms with Gasteiger partial charge in [-0.3, -0.25) is 25.0 Å². The summed E-state index contributed by atoms with van der Waals surface area (Å²) in [5.74, 6) is -1.00. The number of ether oxygens (including phenoxy) is 2. The molecule has 13 heteroatoms. The van der Waals surface area contributed by atoms with E-state index in [1.807, 2.05) is 0 Å². The smallest absolute Gasteiger partial charge is 0.310 e. The molecule has 1 amide bonds. The molecule has 0 radical (unpaired) electrons. The predicted molar refractivity (Wildman–Crippen MR) is 109 cm³/mol. The van der Waals surface area contributed by atoms with Crippen molar-refractivity contribution in [2.24, 2.45) is 0 Å². The van der Waals surface area contributed by atoms with Gasteiger partial charge in [0.15, 0.2) is 11.5 Å². The second-order valence-corrected chi connectivity index (χ2v) is 6.41. The molecule has 3 aromatic rings. The number of furan rings is 1. The van der Waals surface area contributed by atoms with Crippen molar-refractivity contribution in [2.75, 3.05) is 11.9 Å². The van der Waals surface area contributed by atoms with Crippen LogP contribution in [0.5, 0.6) is 11.5 Å². The zero-order valence-corrected chi connectivity index (χ0v) is 16.6. The van der Waals surface area contributed by atoms with Gasteiger partial charge in [-0.15, -0.1) is 0 Å². The van der Waals surface area contributed by atoms with E-state index >= 15 is 0 Å². The van der Waals surface area contributed by atoms with Gasteiger partial charge in [0.25, 0.3) is 18.0 Å². The maximum absolute atomic E-state index is 12.4. The average molecular weight is 463 g/mol. The Hall–Kier alpha value is -4.55. The number of para-hydroxylation sites is 2. The third-order valence-corrected chi connectivity index (χ3v) is 4.05. The Morgan fingerprint density at radius 2 is 1.79 bits per heavy atom. The number of carbonyl (C=O) groups excluding carboxylic acids is 1. The number of nitro benzene ring substituents is 2. The first-order valence-electron chi connectivity index (χ1n) is 9.19. The molecule has 0 saturated carbocycles. The van der Waals surface area contributed by atoms with E-state index in [4.69, 9.17) is 13.9 Å². The van der Waals surface area contributed by atoms with Crippen LogP contribution in [0.25, 0.3) is 0 Å². The van der Waals surface area contributed by atoms with E-state index in [1.54, 1.807) is 6.07 Å². The van der Waals surface area contributed by atoms with Gasteiger partial charge >= 0.3 is 5.69 Å². The third-order valence-electron chi connectivity index (χ3n) is 4.05. The molecule has 3 rings (SSSR count). The van der Waals surface area contributed by atoms with Crippen LogP contribution in [0.2, 0.25) is 0 Å². The molecular formula is C20H15F2N3O8. The Labute approximate surface area is 183 Å². The molecule has 2 aromatic carbocycles. The van der Waals surface area contributed by atoms with Crippen LogP contribution >= 0.6 is 0 Å². The molecule has 0 aliphatic heterocycles. The molecule has 0 spiro atoms. The highest BCUT2D eigenvalue weighted by atomic mass is 19.3. The highest BCUT2D eigenvalue weighted by Gasteiger charge is 2.18. The molecule has 1 aromatic heterocycles. The van der Waals surface area contributed by atoms with E-state index < -0.39 is 34.5 Å². The monoisotopic (exact) mass is 463 g/mol. The number of nitrogens with one attached hydrogen (secondary N) is 1. The van der Waals surface area contributed by atoms with E-state index in [-0.39, 0.29) is 41.0 Å². The number of nitrogens with zero attached hydrogens (tertiary/aromatic N) is 2. The fourth-order valence-corrected chi connectivity index (χ4v) is 2.65. The van der Waals surface area contributed by atoms with Gasteiger partial charge in [-0.25, -0.2) is 8.78 Å². The van der Waals surface area contributed by atoms with Gasteiger partial charge in [0.1, 0.15) is 24.7 Å². The van der Waals surface area contributed by atoms with Crippen LogP contribution in [0.15, 0.2) is 59.0 Å². The van der Waals surface area contributed by atoms with Crippen LogP contribution in [0.3, 0.4) is 0 Å². The van der Waals surface area contributed by atoms with Crippen LogP contribution in [0.4, 0.5) is 25.8 Å². The van der Waals surface area contributed by atoms with Crippen molar-refractivity contribution < 1.29 is 37.3 Å². The number of rotatable bonds is 10. The Morgan fingerprint density at radius 1 is 1.03 bits per heavy atom. The molecule has 0 saturated heterocycles. The highest BCUT2D eigenvalue weighted by Crippen LogP contribution is 2.28. The first-order valence-corrected chi connectivity index (χ1v) is 9.19. The van der Waals surface area contributed by atoms with Crippen molar-refractivity contribution in [3.8, 4) is 11.5 Å². The summed E-state index contributed by atoms with van der Waals surface area (Å²) in [5, 5.41) is 24.5.